The van der Waals surface area contributed by atoms with Gasteiger partial charge >= 0.3 is 0 Å². The van der Waals surface area contributed by atoms with E-state index in [1.54, 1.807) is 0 Å². The van der Waals surface area contributed by atoms with Crippen LogP contribution in [0, 0.1) is 5.82 Å². The molecule has 3 rings (SSSR count). The van der Waals surface area contributed by atoms with Crippen molar-refractivity contribution >= 4 is 34.7 Å². The van der Waals surface area contributed by atoms with Crippen LogP contribution in [-0.2, 0) is 0 Å². The zero-order valence-corrected chi connectivity index (χ0v) is 16.4. The maximum absolute atomic E-state index is 13.3. The van der Waals surface area contributed by atoms with Gasteiger partial charge in [-0.1, -0.05) is 66.7 Å². The van der Waals surface area contributed by atoms with E-state index in [-0.39, 0.29) is 31.5 Å². The Labute approximate surface area is 163 Å². The van der Waals surface area contributed by atoms with Crippen molar-refractivity contribution < 1.29 is 9.50 Å². The molecule has 0 unspecified atom stereocenters. The highest BCUT2D eigenvalue weighted by atomic mass is 35.5. The third-order valence-corrected chi connectivity index (χ3v) is 6.20. The third kappa shape index (κ3) is 3.92. The zero-order chi connectivity index (χ0) is 18.8. The van der Waals surface area contributed by atoms with E-state index in [9.17, 15) is 14.3 Å². The summed E-state index contributed by atoms with van der Waals surface area (Å²) in [5.74, 6) is -0.606. The maximum Gasteiger partial charge on any atom is 0.253 e. The average molecular weight is 408 g/mol. The smallest absolute Gasteiger partial charge is 0.253 e. The molecule has 0 aliphatic carbocycles. The van der Waals surface area contributed by atoms with Crippen molar-refractivity contribution in [3.05, 3.63) is 68.4 Å². The molecule has 1 N–H and O–H groups in total. The van der Waals surface area contributed by atoms with Gasteiger partial charge in [-0.2, -0.15) is 0 Å². The summed E-state index contributed by atoms with van der Waals surface area (Å²) in [5.41, 5.74) is 1.57. The first-order valence-electron chi connectivity index (χ1n) is 7.83. The molecular formula is C19H15ClFNO2S2. The van der Waals surface area contributed by atoms with Gasteiger partial charge in [0, 0.05) is 10.5 Å². The minimum Gasteiger partial charge on any atom is -0.492 e. The Balaban J connectivity index is 2.01. The van der Waals surface area contributed by atoms with Gasteiger partial charge in [0.25, 0.3) is 4.74 Å². The summed E-state index contributed by atoms with van der Waals surface area (Å²) in [6, 6.07) is 11.8. The number of aromatic hydroxyl groups is 1. The summed E-state index contributed by atoms with van der Waals surface area (Å²) in [6.45, 7) is 4.14. The largest absolute Gasteiger partial charge is 0.492 e. The van der Waals surface area contributed by atoms with E-state index in [2.05, 4.69) is 18.8 Å². The molecule has 0 atom stereocenters. The van der Waals surface area contributed by atoms with Gasteiger partial charge in [-0.3, -0.25) is 4.79 Å². The molecule has 0 fully saturated rings. The SMILES string of the molecule is CC(C)c1ccccc1Sc1c(O)nc(-c2ccc(F)c(Cl)c2)sc1=O. The Hall–Kier alpha value is -1.89. The first-order valence-corrected chi connectivity index (χ1v) is 9.84. The predicted octanol–water partition coefficient (Wildman–Crippen LogP) is 5.94. The Bertz CT molecular complexity index is 1020. The summed E-state index contributed by atoms with van der Waals surface area (Å²) in [4.78, 5) is 17.8. The van der Waals surface area contributed by atoms with Crippen LogP contribution in [0.4, 0.5) is 4.39 Å². The number of hydrogen-bond acceptors (Lipinski definition) is 5. The molecule has 0 bridgehead atoms. The molecule has 0 radical (unpaired) electrons. The number of hydrogen-bond donors (Lipinski definition) is 1. The molecule has 26 heavy (non-hydrogen) atoms. The molecule has 0 aliphatic heterocycles. The molecule has 0 saturated heterocycles. The second kappa shape index (κ2) is 7.78. The van der Waals surface area contributed by atoms with E-state index in [1.807, 2.05) is 24.3 Å². The number of aromatic nitrogens is 1. The molecule has 1 aromatic heterocycles. The molecule has 2 aromatic carbocycles. The van der Waals surface area contributed by atoms with Gasteiger partial charge in [0.2, 0.25) is 5.88 Å². The standard InChI is InChI=1S/C19H15ClFNO2S2/c1-10(2)12-5-3-4-6-15(12)25-16-17(23)22-18(26-19(16)24)11-7-8-14(21)13(20)9-11/h3-10,23H,1-2H3. The van der Waals surface area contributed by atoms with E-state index < -0.39 is 5.82 Å². The summed E-state index contributed by atoms with van der Waals surface area (Å²) < 4.78 is 13.0. The molecule has 0 aliphatic rings. The number of benzene rings is 2. The van der Waals surface area contributed by atoms with E-state index in [1.165, 1.54) is 30.0 Å². The van der Waals surface area contributed by atoms with Crippen molar-refractivity contribution in [3.63, 3.8) is 0 Å². The van der Waals surface area contributed by atoms with Gasteiger partial charge in [-0.15, -0.1) is 0 Å². The molecule has 3 nitrogen and oxygen atoms in total. The van der Waals surface area contributed by atoms with Crippen LogP contribution in [-0.4, -0.2) is 10.1 Å². The van der Waals surface area contributed by atoms with Crippen LogP contribution >= 0.6 is 34.7 Å². The lowest BCUT2D eigenvalue weighted by molar-refractivity contribution is 0.441. The molecule has 0 amide bonds. The Morgan fingerprint density at radius 2 is 1.96 bits per heavy atom. The predicted molar refractivity (Wildman–Crippen MR) is 105 cm³/mol. The Morgan fingerprint density at radius 1 is 1.23 bits per heavy atom. The lowest BCUT2D eigenvalue weighted by atomic mass is 10.0. The van der Waals surface area contributed by atoms with Crippen LogP contribution in [0.5, 0.6) is 5.88 Å². The fraction of sp³-hybridized carbons (Fsp3) is 0.158. The highest BCUT2D eigenvalue weighted by molar-refractivity contribution is 7.99. The van der Waals surface area contributed by atoms with Crippen LogP contribution in [0.2, 0.25) is 5.02 Å². The van der Waals surface area contributed by atoms with Crippen molar-refractivity contribution in [2.45, 2.75) is 29.6 Å². The fourth-order valence-corrected chi connectivity index (χ4v) is 4.57. The summed E-state index contributed by atoms with van der Waals surface area (Å²) in [7, 11) is 0. The first-order chi connectivity index (χ1) is 12.4. The lowest BCUT2D eigenvalue weighted by Gasteiger charge is -2.12. The van der Waals surface area contributed by atoms with Crippen LogP contribution < -0.4 is 4.74 Å². The summed E-state index contributed by atoms with van der Waals surface area (Å²) in [5, 5.41) is 10.5. The van der Waals surface area contributed by atoms with Crippen LogP contribution in [0.25, 0.3) is 10.6 Å². The van der Waals surface area contributed by atoms with E-state index in [4.69, 9.17) is 11.6 Å². The minimum atomic E-state index is -0.551. The van der Waals surface area contributed by atoms with Crippen molar-refractivity contribution in [1.29, 1.82) is 0 Å². The highest BCUT2D eigenvalue weighted by Crippen LogP contribution is 2.37. The van der Waals surface area contributed by atoms with E-state index in [0.29, 0.717) is 5.56 Å². The van der Waals surface area contributed by atoms with Gasteiger partial charge in [-0.25, -0.2) is 9.37 Å². The molecule has 134 valence electrons. The Morgan fingerprint density at radius 3 is 2.62 bits per heavy atom. The number of halogens is 2. The normalized spacial score (nSPS) is 11.1. The van der Waals surface area contributed by atoms with Crippen molar-refractivity contribution in [1.82, 2.24) is 4.98 Å². The van der Waals surface area contributed by atoms with Gasteiger partial charge in [0.1, 0.15) is 15.7 Å². The van der Waals surface area contributed by atoms with Crippen LogP contribution in [0.1, 0.15) is 25.3 Å². The summed E-state index contributed by atoms with van der Waals surface area (Å²) in [6.07, 6.45) is 0. The number of nitrogens with zero attached hydrogens (tertiary/aromatic N) is 1. The van der Waals surface area contributed by atoms with Gasteiger partial charge < -0.3 is 5.11 Å². The third-order valence-electron chi connectivity index (χ3n) is 3.70. The van der Waals surface area contributed by atoms with Crippen molar-refractivity contribution in [2.24, 2.45) is 0 Å². The molecule has 7 heteroatoms. The second-order valence-electron chi connectivity index (χ2n) is 5.88. The zero-order valence-electron chi connectivity index (χ0n) is 14.0. The van der Waals surface area contributed by atoms with Gasteiger partial charge in [0.15, 0.2) is 0 Å². The van der Waals surface area contributed by atoms with E-state index >= 15 is 0 Å². The molecule has 0 spiro atoms. The topological polar surface area (TPSA) is 50.2 Å². The number of rotatable bonds is 4. The molecule has 0 saturated carbocycles. The van der Waals surface area contributed by atoms with Gasteiger partial charge in [-0.05, 0) is 35.7 Å². The minimum absolute atomic E-state index is 0.0623. The van der Waals surface area contributed by atoms with Crippen molar-refractivity contribution in [2.75, 3.05) is 0 Å². The first kappa shape index (κ1) is 18.9. The molecular weight excluding hydrogens is 393 g/mol. The second-order valence-corrected chi connectivity index (χ2v) is 8.30. The van der Waals surface area contributed by atoms with Gasteiger partial charge in [0.05, 0.1) is 5.02 Å². The van der Waals surface area contributed by atoms with Crippen molar-refractivity contribution in [3.8, 4) is 16.5 Å². The van der Waals surface area contributed by atoms with E-state index in [0.717, 1.165) is 21.8 Å². The Kier molecular flexibility index (Phi) is 5.65. The fourth-order valence-electron chi connectivity index (χ4n) is 2.40. The quantitative estimate of drug-likeness (QED) is 0.581. The van der Waals surface area contributed by atoms with Crippen LogP contribution in [0.3, 0.4) is 0 Å². The summed E-state index contributed by atoms with van der Waals surface area (Å²) >= 11 is 7.88. The average Bonchev–Trinajstić information content (AvgIpc) is 2.60. The molecule has 3 aromatic rings. The highest BCUT2D eigenvalue weighted by Gasteiger charge is 2.17. The monoisotopic (exact) mass is 407 g/mol. The lowest BCUT2D eigenvalue weighted by Crippen LogP contribution is -2.02. The van der Waals surface area contributed by atoms with Crippen LogP contribution in [0.15, 0.2) is 57.1 Å². The molecule has 1 heterocycles. The maximum atomic E-state index is 13.3.